The van der Waals surface area contributed by atoms with Crippen molar-refractivity contribution >= 4 is 5.91 Å². The molecule has 6 nitrogen and oxygen atoms in total. The van der Waals surface area contributed by atoms with Crippen molar-refractivity contribution in [2.45, 2.75) is 26.0 Å². The zero-order valence-electron chi connectivity index (χ0n) is 14.9. The van der Waals surface area contributed by atoms with Gasteiger partial charge in [-0.25, -0.2) is 0 Å². The predicted molar refractivity (Wildman–Crippen MR) is 93.2 cm³/mol. The summed E-state index contributed by atoms with van der Waals surface area (Å²) in [5.74, 6) is 0.998. The number of nitriles is 1. The van der Waals surface area contributed by atoms with E-state index in [9.17, 15) is 4.79 Å². The normalized spacial score (nSPS) is 25.4. The molecule has 3 atom stereocenters. The van der Waals surface area contributed by atoms with Gasteiger partial charge in [0.1, 0.15) is 5.75 Å². The number of nitrogens with zero attached hydrogens (tertiary/aromatic N) is 3. The van der Waals surface area contributed by atoms with Crippen molar-refractivity contribution in [3.05, 3.63) is 29.8 Å². The molecule has 2 saturated heterocycles. The van der Waals surface area contributed by atoms with Crippen LogP contribution in [0.15, 0.2) is 24.3 Å². The second-order valence-corrected chi connectivity index (χ2v) is 6.84. The highest BCUT2D eigenvalue weighted by molar-refractivity contribution is 5.81. The zero-order valence-corrected chi connectivity index (χ0v) is 14.9. The van der Waals surface area contributed by atoms with Crippen LogP contribution in [0.2, 0.25) is 0 Å². The summed E-state index contributed by atoms with van der Waals surface area (Å²) < 4.78 is 11.2. The van der Waals surface area contributed by atoms with Crippen LogP contribution in [0.5, 0.6) is 5.75 Å². The van der Waals surface area contributed by atoms with Crippen LogP contribution < -0.4 is 4.74 Å². The molecular weight excluding hydrogens is 318 g/mol. The second-order valence-electron chi connectivity index (χ2n) is 6.84. The molecule has 6 heteroatoms. The molecule has 0 saturated carbocycles. The Balaban J connectivity index is 1.59. The molecule has 0 radical (unpaired) electrons. The molecule has 25 heavy (non-hydrogen) atoms. The molecule has 0 N–H and O–H groups in total. The third kappa shape index (κ3) is 4.12. The first-order chi connectivity index (χ1) is 12.1. The van der Waals surface area contributed by atoms with Crippen LogP contribution in [-0.2, 0) is 9.53 Å². The Morgan fingerprint density at radius 2 is 2.12 bits per heavy atom. The molecule has 0 spiro atoms. The summed E-state index contributed by atoms with van der Waals surface area (Å²) in [6.07, 6.45) is -0.565. The highest BCUT2D eigenvalue weighted by Gasteiger charge is 2.38. The average Bonchev–Trinajstić information content (AvgIpc) is 3.03. The minimum Gasteiger partial charge on any atom is -0.481 e. The Kier molecular flexibility index (Phi) is 5.57. The summed E-state index contributed by atoms with van der Waals surface area (Å²) in [5.41, 5.74) is 0.527. The summed E-state index contributed by atoms with van der Waals surface area (Å²) in [5, 5.41) is 8.97. The minimum atomic E-state index is -0.565. The number of ether oxygens (including phenoxy) is 2. The van der Waals surface area contributed by atoms with Gasteiger partial charge in [0.05, 0.1) is 24.8 Å². The maximum Gasteiger partial charge on any atom is 0.263 e. The van der Waals surface area contributed by atoms with Gasteiger partial charge in [-0.3, -0.25) is 9.69 Å². The molecule has 0 bridgehead atoms. The monoisotopic (exact) mass is 343 g/mol. The van der Waals surface area contributed by atoms with Gasteiger partial charge in [0.15, 0.2) is 6.10 Å². The quantitative estimate of drug-likeness (QED) is 0.829. The first-order valence-electron chi connectivity index (χ1n) is 8.86. The first kappa shape index (κ1) is 17.7. The van der Waals surface area contributed by atoms with Crippen molar-refractivity contribution in [2.24, 2.45) is 5.92 Å². The third-order valence-electron chi connectivity index (χ3n) is 5.02. The summed E-state index contributed by atoms with van der Waals surface area (Å²) >= 11 is 0. The van der Waals surface area contributed by atoms with Gasteiger partial charge in [-0.15, -0.1) is 0 Å². The standard InChI is InChI=1S/C19H25N3O3/c1-14-12-22(13-18(14)21-6-8-24-9-7-21)19(23)15(2)25-17-5-3-4-16(10-17)11-20/h3-5,10,14-15,18H,6-9,12-13H2,1-2H3/t14-,15+,18-/m1/s1. The van der Waals surface area contributed by atoms with E-state index < -0.39 is 6.10 Å². The van der Waals surface area contributed by atoms with Gasteiger partial charge in [0.25, 0.3) is 5.91 Å². The van der Waals surface area contributed by atoms with Crippen LogP contribution in [0, 0.1) is 17.2 Å². The Hall–Kier alpha value is -2.10. The number of benzene rings is 1. The van der Waals surface area contributed by atoms with E-state index in [0.717, 1.165) is 39.4 Å². The molecule has 2 aliphatic rings. The molecule has 0 unspecified atom stereocenters. The Morgan fingerprint density at radius 3 is 2.84 bits per heavy atom. The van der Waals surface area contributed by atoms with E-state index in [2.05, 4.69) is 17.9 Å². The van der Waals surface area contributed by atoms with Crippen molar-refractivity contribution in [3.63, 3.8) is 0 Å². The van der Waals surface area contributed by atoms with Crippen LogP contribution in [0.4, 0.5) is 0 Å². The largest absolute Gasteiger partial charge is 0.481 e. The van der Waals surface area contributed by atoms with Gasteiger partial charge in [0, 0.05) is 32.2 Å². The van der Waals surface area contributed by atoms with E-state index in [1.807, 2.05) is 4.90 Å². The van der Waals surface area contributed by atoms with E-state index in [4.69, 9.17) is 14.7 Å². The minimum absolute atomic E-state index is 0.00460. The molecular formula is C19H25N3O3. The van der Waals surface area contributed by atoms with Gasteiger partial charge < -0.3 is 14.4 Å². The lowest BCUT2D eigenvalue weighted by molar-refractivity contribution is -0.137. The van der Waals surface area contributed by atoms with Crippen LogP contribution in [0.1, 0.15) is 19.4 Å². The van der Waals surface area contributed by atoms with E-state index in [1.165, 1.54) is 0 Å². The Morgan fingerprint density at radius 1 is 1.36 bits per heavy atom. The predicted octanol–water partition coefficient (Wildman–Crippen LogP) is 1.50. The number of carbonyl (C=O) groups excluding carboxylic acids is 1. The number of amides is 1. The molecule has 0 aliphatic carbocycles. The maximum atomic E-state index is 12.8. The molecule has 0 aromatic heterocycles. The highest BCUT2D eigenvalue weighted by Crippen LogP contribution is 2.24. The summed E-state index contributed by atoms with van der Waals surface area (Å²) in [6.45, 7) is 8.88. The Bertz CT molecular complexity index is 652. The molecule has 2 heterocycles. The summed E-state index contributed by atoms with van der Waals surface area (Å²) in [6, 6.07) is 9.38. The van der Waals surface area contributed by atoms with Crippen LogP contribution in [0.3, 0.4) is 0 Å². The molecule has 2 aliphatic heterocycles. The van der Waals surface area contributed by atoms with Gasteiger partial charge >= 0.3 is 0 Å². The number of likely N-dealkylation sites (tertiary alicyclic amines) is 1. The third-order valence-corrected chi connectivity index (χ3v) is 5.02. The SMILES string of the molecule is C[C@H](Oc1cccc(C#N)c1)C(=O)N1C[C@@H](C)[C@H](N2CCOCC2)C1. The summed E-state index contributed by atoms with van der Waals surface area (Å²) in [7, 11) is 0. The van der Waals surface area contributed by atoms with Crippen LogP contribution >= 0.6 is 0 Å². The second kappa shape index (κ2) is 7.85. The molecule has 1 aromatic carbocycles. The highest BCUT2D eigenvalue weighted by atomic mass is 16.5. The average molecular weight is 343 g/mol. The lowest BCUT2D eigenvalue weighted by Crippen LogP contribution is -2.47. The van der Waals surface area contributed by atoms with E-state index in [1.54, 1.807) is 31.2 Å². The smallest absolute Gasteiger partial charge is 0.263 e. The lowest BCUT2D eigenvalue weighted by Gasteiger charge is -2.34. The van der Waals surface area contributed by atoms with E-state index in [-0.39, 0.29) is 5.91 Å². The number of hydrogen-bond donors (Lipinski definition) is 0. The van der Waals surface area contributed by atoms with Crippen molar-refractivity contribution in [2.75, 3.05) is 39.4 Å². The fourth-order valence-electron chi connectivity index (χ4n) is 3.66. The topological polar surface area (TPSA) is 65.8 Å². The molecule has 1 aromatic rings. The fraction of sp³-hybridized carbons (Fsp3) is 0.579. The van der Waals surface area contributed by atoms with Crippen molar-refractivity contribution in [3.8, 4) is 11.8 Å². The van der Waals surface area contributed by atoms with Crippen molar-refractivity contribution < 1.29 is 14.3 Å². The summed E-state index contributed by atoms with van der Waals surface area (Å²) in [4.78, 5) is 17.1. The van der Waals surface area contributed by atoms with Crippen LogP contribution in [-0.4, -0.2) is 67.2 Å². The first-order valence-corrected chi connectivity index (χ1v) is 8.86. The van der Waals surface area contributed by atoms with Gasteiger partial charge in [-0.2, -0.15) is 5.26 Å². The van der Waals surface area contributed by atoms with E-state index >= 15 is 0 Å². The molecule has 1 amide bonds. The van der Waals surface area contributed by atoms with Crippen LogP contribution in [0.25, 0.3) is 0 Å². The number of carbonyl (C=O) groups is 1. The molecule has 3 rings (SSSR count). The van der Waals surface area contributed by atoms with Gasteiger partial charge in [0.2, 0.25) is 0 Å². The zero-order chi connectivity index (χ0) is 17.8. The van der Waals surface area contributed by atoms with Gasteiger partial charge in [-0.05, 0) is 31.0 Å². The fourth-order valence-corrected chi connectivity index (χ4v) is 3.66. The number of hydrogen-bond acceptors (Lipinski definition) is 5. The number of morpholine rings is 1. The van der Waals surface area contributed by atoms with Crippen molar-refractivity contribution in [1.29, 1.82) is 5.26 Å². The number of rotatable bonds is 4. The van der Waals surface area contributed by atoms with Gasteiger partial charge in [-0.1, -0.05) is 13.0 Å². The molecule has 2 fully saturated rings. The maximum absolute atomic E-state index is 12.8. The Labute approximate surface area is 148 Å². The lowest BCUT2D eigenvalue weighted by atomic mass is 10.0. The van der Waals surface area contributed by atoms with Crippen molar-refractivity contribution in [1.82, 2.24) is 9.80 Å². The molecule has 134 valence electrons. The van der Waals surface area contributed by atoms with E-state index in [0.29, 0.717) is 23.3 Å².